The molecule has 21 heavy (non-hydrogen) atoms. The molecule has 3 nitrogen and oxygen atoms in total. The van der Waals surface area contributed by atoms with E-state index in [0.717, 1.165) is 45.3 Å². The van der Waals surface area contributed by atoms with Gasteiger partial charge in [0.15, 0.2) is 0 Å². The van der Waals surface area contributed by atoms with Gasteiger partial charge in [0.25, 0.3) is 0 Å². The number of nitrogens with zero attached hydrogens (tertiary/aromatic N) is 1. The summed E-state index contributed by atoms with van der Waals surface area (Å²) in [7, 11) is 0. The lowest BCUT2D eigenvalue weighted by Gasteiger charge is -2.26. The van der Waals surface area contributed by atoms with Gasteiger partial charge in [-0.25, -0.2) is 0 Å². The van der Waals surface area contributed by atoms with Crippen LogP contribution < -0.4 is 5.32 Å². The van der Waals surface area contributed by atoms with Crippen molar-refractivity contribution in [3.63, 3.8) is 0 Å². The molecule has 1 N–H and O–H groups in total. The van der Waals surface area contributed by atoms with Gasteiger partial charge < -0.3 is 10.1 Å². The number of morpholine rings is 1. The molecule has 0 radical (unpaired) electrons. The SMILES string of the molecule is c1cc(NCC2CCCCC2)ccc1CN1CCOCC1. The Kier molecular flexibility index (Phi) is 5.53. The monoisotopic (exact) mass is 288 g/mol. The molecule has 0 spiro atoms. The Morgan fingerprint density at radius 1 is 1.00 bits per heavy atom. The van der Waals surface area contributed by atoms with E-state index >= 15 is 0 Å². The molecule has 3 heteroatoms. The van der Waals surface area contributed by atoms with E-state index in [2.05, 4.69) is 34.5 Å². The highest BCUT2D eigenvalue weighted by molar-refractivity contribution is 5.44. The molecule has 0 bridgehead atoms. The number of rotatable bonds is 5. The van der Waals surface area contributed by atoms with Crippen molar-refractivity contribution in [1.29, 1.82) is 0 Å². The Morgan fingerprint density at radius 2 is 1.71 bits per heavy atom. The summed E-state index contributed by atoms with van der Waals surface area (Å²) in [5.74, 6) is 0.881. The minimum atomic E-state index is 0.876. The van der Waals surface area contributed by atoms with Crippen molar-refractivity contribution in [1.82, 2.24) is 4.90 Å². The van der Waals surface area contributed by atoms with Crippen molar-refractivity contribution < 1.29 is 4.74 Å². The molecule has 0 unspecified atom stereocenters. The van der Waals surface area contributed by atoms with Crippen molar-refractivity contribution in [2.45, 2.75) is 38.6 Å². The smallest absolute Gasteiger partial charge is 0.0594 e. The molecule has 1 aromatic carbocycles. The van der Waals surface area contributed by atoms with Crippen LogP contribution in [0.2, 0.25) is 0 Å². The first kappa shape index (κ1) is 14.9. The second kappa shape index (κ2) is 7.81. The maximum absolute atomic E-state index is 5.39. The van der Waals surface area contributed by atoms with Crippen molar-refractivity contribution >= 4 is 5.69 Å². The number of ether oxygens (including phenoxy) is 1. The molecule has 0 atom stereocenters. The summed E-state index contributed by atoms with van der Waals surface area (Å²) in [6.07, 6.45) is 7.09. The maximum Gasteiger partial charge on any atom is 0.0594 e. The Bertz CT molecular complexity index is 406. The van der Waals surface area contributed by atoms with Gasteiger partial charge in [-0.1, -0.05) is 31.4 Å². The van der Waals surface area contributed by atoms with E-state index in [4.69, 9.17) is 4.74 Å². The number of anilines is 1. The number of nitrogens with one attached hydrogen (secondary N) is 1. The van der Waals surface area contributed by atoms with Crippen molar-refractivity contribution in [2.75, 3.05) is 38.2 Å². The summed E-state index contributed by atoms with van der Waals surface area (Å²) in [5, 5.41) is 3.61. The van der Waals surface area contributed by atoms with Crippen LogP contribution in [0.15, 0.2) is 24.3 Å². The van der Waals surface area contributed by atoms with Crippen molar-refractivity contribution in [2.24, 2.45) is 5.92 Å². The second-order valence-corrected chi connectivity index (χ2v) is 6.47. The van der Waals surface area contributed by atoms with Crippen LogP contribution in [0.3, 0.4) is 0 Å². The maximum atomic E-state index is 5.39. The lowest BCUT2D eigenvalue weighted by molar-refractivity contribution is 0.0342. The second-order valence-electron chi connectivity index (χ2n) is 6.47. The molecule has 1 aromatic rings. The quantitative estimate of drug-likeness (QED) is 0.897. The van der Waals surface area contributed by atoms with E-state index in [1.165, 1.54) is 43.4 Å². The van der Waals surface area contributed by atoms with Crippen LogP contribution in [-0.2, 0) is 11.3 Å². The fourth-order valence-corrected chi connectivity index (χ4v) is 3.40. The highest BCUT2D eigenvalue weighted by Gasteiger charge is 2.13. The zero-order chi connectivity index (χ0) is 14.3. The lowest BCUT2D eigenvalue weighted by Crippen LogP contribution is -2.35. The molecule has 0 aromatic heterocycles. The minimum absolute atomic E-state index is 0.876. The molecule has 1 heterocycles. The fourth-order valence-electron chi connectivity index (χ4n) is 3.40. The third-order valence-electron chi connectivity index (χ3n) is 4.78. The zero-order valence-electron chi connectivity index (χ0n) is 13.0. The van der Waals surface area contributed by atoms with Crippen LogP contribution >= 0.6 is 0 Å². The van der Waals surface area contributed by atoms with Crippen LogP contribution in [0.1, 0.15) is 37.7 Å². The topological polar surface area (TPSA) is 24.5 Å². The molecule has 2 fully saturated rings. The first-order valence-electron chi connectivity index (χ1n) is 8.53. The molecule has 1 aliphatic carbocycles. The first-order valence-corrected chi connectivity index (χ1v) is 8.53. The highest BCUT2D eigenvalue weighted by Crippen LogP contribution is 2.24. The molecular weight excluding hydrogens is 260 g/mol. The fraction of sp³-hybridized carbons (Fsp3) is 0.667. The van der Waals surface area contributed by atoms with E-state index in [0.29, 0.717) is 0 Å². The van der Waals surface area contributed by atoms with Gasteiger partial charge in [0, 0.05) is 31.9 Å². The van der Waals surface area contributed by atoms with Gasteiger partial charge in [-0.2, -0.15) is 0 Å². The van der Waals surface area contributed by atoms with Crippen LogP contribution in [-0.4, -0.2) is 37.7 Å². The van der Waals surface area contributed by atoms with Gasteiger partial charge in [-0.05, 0) is 36.5 Å². The lowest BCUT2D eigenvalue weighted by atomic mass is 9.89. The summed E-state index contributed by atoms with van der Waals surface area (Å²) < 4.78 is 5.39. The van der Waals surface area contributed by atoms with E-state index < -0.39 is 0 Å². The molecule has 0 amide bonds. The third-order valence-corrected chi connectivity index (χ3v) is 4.78. The molecular formula is C18H28N2O. The average molecular weight is 288 g/mol. The number of hydrogen-bond donors (Lipinski definition) is 1. The molecule has 1 saturated heterocycles. The van der Waals surface area contributed by atoms with E-state index in [1.54, 1.807) is 0 Å². The van der Waals surface area contributed by atoms with Crippen molar-refractivity contribution in [3.8, 4) is 0 Å². The Balaban J connectivity index is 1.44. The van der Waals surface area contributed by atoms with E-state index in [9.17, 15) is 0 Å². The van der Waals surface area contributed by atoms with E-state index in [1.807, 2.05) is 0 Å². The predicted molar refractivity (Wildman–Crippen MR) is 87.6 cm³/mol. The third kappa shape index (κ3) is 4.72. The molecule has 1 aliphatic heterocycles. The Labute approximate surface area is 128 Å². The molecule has 2 aliphatic rings. The van der Waals surface area contributed by atoms with Gasteiger partial charge in [0.05, 0.1) is 13.2 Å². The number of benzene rings is 1. The van der Waals surface area contributed by atoms with Crippen molar-refractivity contribution in [3.05, 3.63) is 29.8 Å². The largest absolute Gasteiger partial charge is 0.385 e. The summed E-state index contributed by atoms with van der Waals surface area (Å²) in [6, 6.07) is 8.99. The summed E-state index contributed by atoms with van der Waals surface area (Å²) in [5.41, 5.74) is 2.67. The summed E-state index contributed by atoms with van der Waals surface area (Å²) in [6.45, 7) is 6.06. The van der Waals surface area contributed by atoms with Crippen LogP contribution in [0.4, 0.5) is 5.69 Å². The molecule has 1 saturated carbocycles. The van der Waals surface area contributed by atoms with Gasteiger partial charge in [0.2, 0.25) is 0 Å². The zero-order valence-corrected chi connectivity index (χ0v) is 13.0. The van der Waals surface area contributed by atoms with Crippen LogP contribution in [0.25, 0.3) is 0 Å². The standard InChI is InChI=1S/C18H28N2O/c1-2-4-16(5-3-1)14-19-18-8-6-17(7-9-18)15-20-10-12-21-13-11-20/h6-9,16,19H,1-5,10-15H2. The summed E-state index contributed by atoms with van der Waals surface area (Å²) in [4.78, 5) is 2.47. The first-order chi connectivity index (χ1) is 10.4. The molecule has 116 valence electrons. The predicted octanol–water partition coefficient (Wildman–Crippen LogP) is 3.51. The average Bonchev–Trinajstić information content (AvgIpc) is 2.56. The Hall–Kier alpha value is -1.06. The normalized spacial score (nSPS) is 21.3. The van der Waals surface area contributed by atoms with E-state index in [-0.39, 0.29) is 0 Å². The van der Waals surface area contributed by atoms with Gasteiger partial charge in [-0.15, -0.1) is 0 Å². The summed E-state index contributed by atoms with van der Waals surface area (Å²) >= 11 is 0. The molecule has 3 rings (SSSR count). The van der Waals surface area contributed by atoms with Gasteiger partial charge in [0.1, 0.15) is 0 Å². The van der Waals surface area contributed by atoms with Crippen LogP contribution in [0.5, 0.6) is 0 Å². The minimum Gasteiger partial charge on any atom is -0.385 e. The van der Waals surface area contributed by atoms with Crippen LogP contribution in [0, 0.1) is 5.92 Å². The number of hydrogen-bond acceptors (Lipinski definition) is 3. The highest BCUT2D eigenvalue weighted by atomic mass is 16.5. The Morgan fingerprint density at radius 3 is 2.43 bits per heavy atom. The van der Waals surface area contributed by atoms with Gasteiger partial charge >= 0.3 is 0 Å². The van der Waals surface area contributed by atoms with Gasteiger partial charge in [-0.3, -0.25) is 4.90 Å².